The summed E-state index contributed by atoms with van der Waals surface area (Å²) in [5, 5.41) is 0. The fourth-order valence-corrected chi connectivity index (χ4v) is 2.15. The third kappa shape index (κ3) is 1.72. The lowest BCUT2D eigenvalue weighted by atomic mass is 10.2. The summed E-state index contributed by atoms with van der Waals surface area (Å²) >= 11 is 0. The number of rotatable bonds is 1. The Bertz CT molecular complexity index is 824. The number of nitrogens with zero attached hydrogens (tertiary/aromatic N) is 3. The van der Waals surface area contributed by atoms with Crippen LogP contribution >= 0.6 is 0 Å². The number of nitrogens with two attached hydrogens (primary N) is 1. The first-order valence-electron chi connectivity index (χ1n) is 6.04. The van der Waals surface area contributed by atoms with Crippen LogP contribution in [-0.2, 0) is 0 Å². The van der Waals surface area contributed by atoms with E-state index >= 15 is 0 Å². The molecule has 0 atom stereocenters. The van der Waals surface area contributed by atoms with Crippen LogP contribution in [0.2, 0.25) is 0 Å². The van der Waals surface area contributed by atoms with E-state index in [1.165, 1.54) is 16.7 Å². The van der Waals surface area contributed by atoms with Gasteiger partial charge in [-0.1, -0.05) is 6.07 Å². The van der Waals surface area contributed by atoms with E-state index in [1.807, 2.05) is 6.92 Å². The van der Waals surface area contributed by atoms with Gasteiger partial charge in [0.2, 0.25) is 5.95 Å². The lowest BCUT2D eigenvalue weighted by molar-refractivity contribution is 0.566. The van der Waals surface area contributed by atoms with Crippen LogP contribution in [0, 0.1) is 25.5 Å². The SMILES string of the molecule is Cc1cnc2c(c1)nc(N)n2-c1c(F)ccc(C)c1F. The molecule has 2 heterocycles. The highest BCUT2D eigenvalue weighted by atomic mass is 19.1. The average Bonchev–Trinajstić information content (AvgIpc) is 2.70. The van der Waals surface area contributed by atoms with Gasteiger partial charge in [-0.15, -0.1) is 0 Å². The first kappa shape index (κ1) is 12.5. The second-order valence-electron chi connectivity index (χ2n) is 4.69. The minimum Gasteiger partial charge on any atom is -0.369 e. The van der Waals surface area contributed by atoms with Crippen molar-refractivity contribution in [1.29, 1.82) is 0 Å². The van der Waals surface area contributed by atoms with Crippen molar-refractivity contribution >= 4 is 17.1 Å². The van der Waals surface area contributed by atoms with Gasteiger partial charge in [0, 0.05) is 6.20 Å². The van der Waals surface area contributed by atoms with E-state index < -0.39 is 11.6 Å². The summed E-state index contributed by atoms with van der Waals surface area (Å²) in [6.07, 6.45) is 1.60. The van der Waals surface area contributed by atoms with Crippen LogP contribution in [0.5, 0.6) is 0 Å². The zero-order chi connectivity index (χ0) is 14.4. The zero-order valence-corrected chi connectivity index (χ0v) is 11.0. The first-order chi connectivity index (χ1) is 9.49. The number of aryl methyl sites for hydroxylation is 2. The summed E-state index contributed by atoms with van der Waals surface area (Å²) in [7, 11) is 0. The van der Waals surface area contributed by atoms with Crippen molar-refractivity contribution in [2.75, 3.05) is 5.73 Å². The molecule has 6 heteroatoms. The van der Waals surface area contributed by atoms with Crippen LogP contribution in [0.3, 0.4) is 0 Å². The van der Waals surface area contributed by atoms with Gasteiger partial charge in [-0.25, -0.2) is 18.7 Å². The molecule has 20 heavy (non-hydrogen) atoms. The molecule has 0 amide bonds. The van der Waals surface area contributed by atoms with Crippen molar-refractivity contribution in [1.82, 2.24) is 14.5 Å². The molecule has 0 aliphatic rings. The molecule has 0 spiro atoms. The summed E-state index contributed by atoms with van der Waals surface area (Å²) < 4.78 is 29.5. The largest absolute Gasteiger partial charge is 0.369 e. The Morgan fingerprint density at radius 3 is 2.70 bits per heavy atom. The van der Waals surface area contributed by atoms with E-state index in [0.717, 1.165) is 5.56 Å². The highest BCUT2D eigenvalue weighted by Crippen LogP contribution is 2.27. The van der Waals surface area contributed by atoms with E-state index in [9.17, 15) is 8.78 Å². The Labute approximate surface area is 113 Å². The molecule has 0 saturated heterocycles. The maximum Gasteiger partial charge on any atom is 0.207 e. The fourth-order valence-electron chi connectivity index (χ4n) is 2.15. The summed E-state index contributed by atoms with van der Waals surface area (Å²) in [5.74, 6) is -1.37. The molecule has 0 fully saturated rings. The standard InChI is InChI=1S/C14H12F2N4/c1-7-5-10-13(18-6-7)20(14(17)19-10)12-9(15)4-3-8(2)11(12)16/h3-6H,1-2H3,(H2,17,19). The molecule has 102 valence electrons. The normalized spacial score (nSPS) is 11.2. The van der Waals surface area contributed by atoms with Gasteiger partial charge < -0.3 is 5.73 Å². The van der Waals surface area contributed by atoms with Crippen LogP contribution in [0.25, 0.3) is 16.9 Å². The quantitative estimate of drug-likeness (QED) is 0.742. The molecule has 0 unspecified atom stereocenters. The second-order valence-corrected chi connectivity index (χ2v) is 4.69. The number of aromatic nitrogens is 3. The predicted octanol–water partition coefficient (Wildman–Crippen LogP) is 2.90. The molecule has 0 aliphatic carbocycles. The van der Waals surface area contributed by atoms with E-state index in [4.69, 9.17) is 5.73 Å². The topological polar surface area (TPSA) is 56.7 Å². The molecule has 0 saturated carbocycles. The Morgan fingerprint density at radius 1 is 1.20 bits per heavy atom. The van der Waals surface area contributed by atoms with E-state index in [2.05, 4.69) is 9.97 Å². The van der Waals surface area contributed by atoms with Gasteiger partial charge in [0.15, 0.2) is 11.5 Å². The number of hydrogen-bond acceptors (Lipinski definition) is 3. The predicted molar refractivity (Wildman–Crippen MR) is 72.7 cm³/mol. The highest BCUT2D eigenvalue weighted by Gasteiger charge is 2.19. The Morgan fingerprint density at radius 2 is 1.95 bits per heavy atom. The molecular weight excluding hydrogens is 262 g/mol. The number of halogens is 2. The summed E-state index contributed by atoms with van der Waals surface area (Å²) in [5.41, 5.74) is 7.61. The molecule has 2 aromatic heterocycles. The Kier molecular flexibility index (Phi) is 2.67. The number of hydrogen-bond donors (Lipinski definition) is 1. The number of fused-ring (bicyclic) bond motifs is 1. The van der Waals surface area contributed by atoms with Gasteiger partial charge in [-0.3, -0.25) is 4.57 Å². The number of nitrogen functional groups attached to an aromatic ring is 1. The van der Waals surface area contributed by atoms with E-state index in [-0.39, 0.29) is 11.6 Å². The first-order valence-corrected chi connectivity index (χ1v) is 6.04. The van der Waals surface area contributed by atoms with Gasteiger partial charge in [-0.2, -0.15) is 0 Å². The lowest BCUT2D eigenvalue weighted by Crippen LogP contribution is -2.07. The third-order valence-corrected chi connectivity index (χ3v) is 3.14. The summed E-state index contributed by atoms with van der Waals surface area (Å²) in [4.78, 5) is 8.28. The molecule has 3 aromatic rings. The molecule has 3 rings (SSSR count). The minimum atomic E-state index is -0.707. The molecule has 2 N–H and O–H groups in total. The van der Waals surface area contributed by atoms with Crippen molar-refractivity contribution in [3.63, 3.8) is 0 Å². The highest BCUT2D eigenvalue weighted by molar-refractivity contribution is 5.77. The van der Waals surface area contributed by atoms with Crippen LogP contribution in [-0.4, -0.2) is 14.5 Å². The van der Waals surface area contributed by atoms with Crippen LogP contribution in [0.15, 0.2) is 24.4 Å². The molecular formula is C14H12F2N4. The number of imidazole rings is 1. The number of pyridine rings is 1. The smallest absolute Gasteiger partial charge is 0.207 e. The Balaban J connectivity index is 2.41. The zero-order valence-electron chi connectivity index (χ0n) is 11.0. The average molecular weight is 274 g/mol. The fraction of sp³-hybridized carbons (Fsp3) is 0.143. The third-order valence-electron chi connectivity index (χ3n) is 3.14. The van der Waals surface area contributed by atoms with Crippen molar-refractivity contribution in [3.05, 3.63) is 47.2 Å². The lowest BCUT2D eigenvalue weighted by Gasteiger charge is -2.10. The van der Waals surface area contributed by atoms with Gasteiger partial charge in [0.1, 0.15) is 17.0 Å². The van der Waals surface area contributed by atoms with Crippen molar-refractivity contribution in [3.8, 4) is 5.69 Å². The summed E-state index contributed by atoms with van der Waals surface area (Å²) in [6.45, 7) is 3.42. The second kappa shape index (κ2) is 4.26. The summed E-state index contributed by atoms with van der Waals surface area (Å²) in [6, 6.07) is 4.34. The molecule has 4 nitrogen and oxygen atoms in total. The van der Waals surface area contributed by atoms with Gasteiger partial charge in [-0.05, 0) is 37.1 Å². The maximum atomic E-state index is 14.2. The van der Waals surface area contributed by atoms with E-state index in [0.29, 0.717) is 16.7 Å². The van der Waals surface area contributed by atoms with Gasteiger partial charge in [0.25, 0.3) is 0 Å². The number of anilines is 1. The maximum absolute atomic E-state index is 14.2. The minimum absolute atomic E-state index is 0.00139. The molecule has 0 aliphatic heterocycles. The van der Waals surface area contributed by atoms with Crippen LogP contribution < -0.4 is 5.73 Å². The number of benzene rings is 1. The van der Waals surface area contributed by atoms with Crippen molar-refractivity contribution in [2.24, 2.45) is 0 Å². The molecule has 0 radical (unpaired) electrons. The Hall–Kier alpha value is -2.50. The van der Waals surface area contributed by atoms with Crippen molar-refractivity contribution < 1.29 is 8.78 Å². The molecule has 1 aromatic carbocycles. The van der Waals surface area contributed by atoms with Gasteiger partial charge >= 0.3 is 0 Å². The molecule has 0 bridgehead atoms. The van der Waals surface area contributed by atoms with Crippen molar-refractivity contribution in [2.45, 2.75) is 13.8 Å². The van der Waals surface area contributed by atoms with E-state index in [1.54, 1.807) is 19.2 Å². The monoisotopic (exact) mass is 274 g/mol. The van der Waals surface area contributed by atoms with Gasteiger partial charge in [0.05, 0.1) is 0 Å². The van der Waals surface area contributed by atoms with Crippen LogP contribution in [0.4, 0.5) is 14.7 Å². The van der Waals surface area contributed by atoms with Crippen LogP contribution in [0.1, 0.15) is 11.1 Å².